The third-order valence-corrected chi connectivity index (χ3v) is 3.20. The topological polar surface area (TPSA) is 38.3 Å². The molecule has 0 amide bonds. The lowest BCUT2D eigenvalue weighted by Crippen LogP contribution is -2.29. The molecule has 3 nitrogen and oxygen atoms in total. The molecule has 1 aromatic rings. The minimum atomic E-state index is -0.151. The van der Waals surface area contributed by atoms with Crippen molar-refractivity contribution < 1.29 is 9.53 Å². The summed E-state index contributed by atoms with van der Waals surface area (Å²) < 4.78 is 4.83. The van der Waals surface area contributed by atoms with Gasteiger partial charge in [0.2, 0.25) is 0 Å². The van der Waals surface area contributed by atoms with E-state index in [0.29, 0.717) is 6.54 Å². The fraction of sp³-hybridized carbons (Fsp3) is 0.533. The number of hydrogen-bond donors (Lipinski definition) is 1. The first-order chi connectivity index (χ1) is 8.45. The Hall–Kier alpha value is -1.51. The van der Waals surface area contributed by atoms with E-state index in [9.17, 15) is 4.79 Å². The number of carbonyl (C=O) groups is 1. The van der Waals surface area contributed by atoms with Crippen molar-refractivity contribution in [3.63, 3.8) is 0 Å². The smallest absolute Gasteiger partial charge is 0.310 e. The van der Waals surface area contributed by atoms with Gasteiger partial charge in [0.05, 0.1) is 13.0 Å². The molecule has 1 unspecified atom stereocenters. The highest BCUT2D eigenvalue weighted by Crippen LogP contribution is 2.19. The van der Waals surface area contributed by atoms with E-state index in [0.717, 1.165) is 5.69 Å². The molecule has 0 bridgehead atoms. The number of ether oxygens (including phenoxy) is 1. The first-order valence-corrected chi connectivity index (χ1v) is 6.34. The molecule has 0 heterocycles. The molecule has 0 radical (unpaired) electrons. The Bertz CT molecular complexity index is 413. The highest BCUT2D eigenvalue weighted by atomic mass is 16.5. The molecule has 0 aliphatic heterocycles. The molecule has 0 aromatic heterocycles. The molecular weight excluding hydrogens is 226 g/mol. The van der Waals surface area contributed by atoms with Crippen LogP contribution in [0.25, 0.3) is 0 Å². The lowest BCUT2D eigenvalue weighted by molar-refractivity contribution is -0.146. The zero-order valence-corrected chi connectivity index (χ0v) is 11.9. The van der Waals surface area contributed by atoms with Gasteiger partial charge in [-0.05, 0) is 31.4 Å². The number of methoxy groups -OCH3 is 1. The number of hydrogen-bond acceptors (Lipinski definition) is 3. The summed E-state index contributed by atoms with van der Waals surface area (Å²) in [6.45, 7) is 8.81. The van der Waals surface area contributed by atoms with E-state index in [1.165, 1.54) is 18.2 Å². The largest absolute Gasteiger partial charge is 0.469 e. The van der Waals surface area contributed by atoms with Gasteiger partial charge in [-0.2, -0.15) is 0 Å². The summed E-state index contributed by atoms with van der Waals surface area (Å²) in [6.07, 6.45) is 0. The SMILES string of the molecule is COC(=O)C(CNc1ccc(C)cc1C)C(C)C. The highest BCUT2D eigenvalue weighted by molar-refractivity contribution is 5.73. The van der Waals surface area contributed by atoms with Crippen molar-refractivity contribution in [1.82, 2.24) is 0 Å². The van der Waals surface area contributed by atoms with Crippen LogP contribution in [-0.2, 0) is 9.53 Å². The van der Waals surface area contributed by atoms with E-state index in [2.05, 4.69) is 37.4 Å². The molecule has 0 spiro atoms. The molecule has 0 fully saturated rings. The Morgan fingerprint density at radius 3 is 2.50 bits per heavy atom. The Kier molecular flexibility index (Phi) is 5.20. The molecular formula is C15H23NO2. The second-order valence-electron chi connectivity index (χ2n) is 5.07. The van der Waals surface area contributed by atoms with Crippen LogP contribution in [0.4, 0.5) is 5.69 Å². The molecule has 0 aliphatic rings. The monoisotopic (exact) mass is 249 g/mol. The van der Waals surface area contributed by atoms with Crippen molar-refractivity contribution in [3.8, 4) is 0 Å². The Labute approximate surface area is 110 Å². The van der Waals surface area contributed by atoms with Crippen LogP contribution in [0.15, 0.2) is 18.2 Å². The number of anilines is 1. The molecule has 3 heteroatoms. The fourth-order valence-corrected chi connectivity index (χ4v) is 1.97. The van der Waals surface area contributed by atoms with Crippen molar-refractivity contribution in [2.45, 2.75) is 27.7 Å². The summed E-state index contributed by atoms with van der Waals surface area (Å²) in [4.78, 5) is 11.7. The van der Waals surface area contributed by atoms with E-state index >= 15 is 0 Å². The predicted octanol–water partition coefficient (Wildman–Crippen LogP) is 3.16. The zero-order valence-electron chi connectivity index (χ0n) is 11.9. The third kappa shape index (κ3) is 3.76. The first kappa shape index (κ1) is 14.6. The van der Waals surface area contributed by atoms with Crippen molar-refractivity contribution >= 4 is 11.7 Å². The van der Waals surface area contributed by atoms with Gasteiger partial charge in [0.15, 0.2) is 0 Å². The van der Waals surface area contributed by atoms with Gasteiger partial charge in [-0.25, -0.2) is 0 Å². The quantitative estimate of drug-likeness (QED) is 0.815. The van der Waals surface area contributed by atoms with E-state index in [4.69, 9.17) is 4.74 Å². The lowest BCUT2D eigenvalue weighted by atomic mass is 9.95. The van der Waals surface area contributed by atoms with Crippen LogP contribution < -0.4 is 5.32 Å². The second kappa shape index (κ2) is 6.43. The van der Waals surface area contributed by atoms with Gasteiger partial charge in [0.1, 0.15) is 0 Å². The number of aryl methyl sites for hydroxylation is 2. The highest BCUT2D eigenvalue weighted by Gasteiger charge is 2.22. The molecule has 100 valence electrons. The second-order valence-corrected chi connectivity index (χ2v) is 5.07. The molecule has 18 heavy (non-hydrogen) atoms. The van der Waals surface area contributed by atoms with Crippen molar-refractivity contribution in [2.24, 2.45) is 11.8 Å². The Morgan fingerprint density at radius 2 is 2.00 bits per heavy atom. The van der Waals surface area contributed by atoms with E-state index < -0.39 is 0 Å². The maximum atomic E-state index is 11.7. The Balaban J connectivity index is 2.70. The normalized spacial score (nSPS) is 12.3. The molecule has 0 aliphatic carbocycles. The summed E-state index contributed by atoms with van der Waals surface area (Å²) in [6, 6.07) is 6.25. The molecule has 1 atom stereocenters. The average Bonchev–Trinajstić information content (AvgIpc) is 2.31. The number of carbonyl (C=O) groups excluding carboxylic acids is 1. The van der Waals surface area contributed by atoms with Crippen molar-refractivity contribution in [2.75, 3.05) is 19.0 Å². The average molecular weight is 249 g/mol. The fourth-order valence-electron chi connectivity index (χ4n) is 1.97. The van der Waals surface area contributed by atoms with Crippen LogP contribution in [0, 0.1) is 25.7 Å². The first-order valence-electron chi connectivity index (χ1n) is 6.34. The molecule has 0 saturated heterocycles. The van der Waals surface area contributed by atoms with Gasteiger partial charge in [-0.1, -0.05) is 31.5 Å². The van der Waals surface area contributed by atoms with Crippen LogP contribution in [0.1, 0.15) is 25.0 Å². The number of rotatable bonds is 5. The summed E-state index contributed by atoms with van der Waals surface area (Å²) in [7, 11) is 1.44. The summed E-state index contributed by atoms with van der Waals surface area (Å²) in [5.74, 6) is -0.00586. The van der Waals surface area contributed by atoms with Gasteiger partial charge >= 0.3 is 5.97 Å². The van der Waals surface area contributed by atoms with E-state index in [1.54, 1.807) is 0 Å². The maximum Gasteiger partial charge on any atom is 0.310 e. The minimum Gasteiger partial charge on any atom is -0.469 e. The van der Waals surface area contributed by atoms with Gasteiger partial charge in [-0.15, -0.1) is 0 Å². The zero-order chi connectivity index (χ0) is 13.7. The van der Waals surface area contributed by atoms with E-state index in [1.807, 2.05) is 13.8 Å². The number of esters is 1. The van der Waals surface area contributed by atoms with Gasteiger partial charge in [0.25, 0.3) is 0 Å². The minimum absolute atomic E-state index is 0.115. The van der Waals surface area contributed by atoms with Crippen LogP contribution in [0.3, 0.4) is 0 Å². The summed E-state index contributed by atoms with van der Waals surface area (Å²) in [5, 5.41) is 3.34. The number of nitrogens with one attached hydrogen (secondary N) is 1. The maximum absolute atomic E-state index is 11.7. The van der Waals surface area contributed by atoms with Gasteiger partial charge < -0.3 is 10.1 Å². The Morgan fingerprint density at radius 1 is 1.33 bits per heavy atom. The molecule has 1 rings (SSSR count). The van der Waals surface area contributed by atoms with Gasteiger partial charge in [-0.3, -0.25) is 4.79 Å². The predicted molar refractivity (Wildman–Crippen MR) is 74.7 cm³/mol. The molecule has 0 saturated carbocycles. The van der Waals surface area contributed by atoms with Crippen molar-refractivity contribution in [3.05, 3.63) is 29.3 Å². The molecule has 1 aromatic carbocycles. The van der Waals surface area contributed by atoms with E-state index in [-0.39, 0.29) is 17.8 Å². The summed E-state index contributed by atoms with van der Waals surface area (Å²) >= 11 is 0. The number of benzene rings is 1. The van der Waals surface area contributed by atoms with Crippen LogP contribution in [-0.4, -0.2) is 19.6 Å². The van der Waals surface area contributed by atoms with Crippen LogP contribution >= 0.6 is 0 Å². The van der Waals surface area contributed by atoms with Gasteiger partial charge in [0, 0.05) is 12.2 Å². The lowest BCUT2D eigenvalue weighted by Gasteiger charge is -2.20. The third-order valence-electron chi connectivity index (χ3n) is 3.20. The van der Waals surface area contributed by atoms with Crippen molar-refractivity contribution in [1.29, 1.82) is 0 Å². The van der Waals surface area contributed by atoms with Crippen LogP contribution in [0.2, 0.25) is 0 Å². The summed E-state index contributed by atoms with van der Waals surface area (Å²) in [5.41, 5.74) is 3.52. The molecule has 1 N–H and O–H groups in total. The standard InChI is InChI=1S/C15H23NO2/c1-10(2)13(15(17)18-5)9-16-14-7-6-11(3)8-12(14)4/h6-8,10,13,16H,9H2,1-5H3. The van der Waals surface area contributed by atoms with Crippen LogP contribution in [0.5, 0.6) is 0 Å².